The Hall–Kier alpha value is -1.58. The second-order valence-electron chi connectivity index (χ2n) is 4.17. The summed E-state index contributed by atoms with van der Waals surface area (Å²) in [6.45, 7) is 2.35. The SMILES string of the molecule is Cc1nc(OCCC2CC2)ccc1C(=O)O. The van der Waals surface area contributed by atoms with Crippen LogP contribution in [0.5, 0.6) is 5.88 Å². The van der Waals surface area contributed by atoms with E-state index < -0.39 is 5.97 Å². The lowest BCUT2D eigenvalue weighted by molar-refractivity contribution is 0.0695. The molecule has 1 aliphatic rings. The van der Waals surface area contributed by atoms with Gasteiger partial charge in [-0.25, -0.2) is 9.78 Å². The van der Waals surface area contributed by atoms with Crippen LogP contribution in [0.15, 0.2) is 12.1 Å². The van der Waals surface area contributed by atoms with Crippen LogP contribution in [0.25, 0.3) is 0 Å². The Morgan fingerprint density at radius 3 is 2.88 bits per heavy atom. The molecule has 0 unspecified atom stereocenters. The van der Waals surface area contributed by atoms with Gasteiger partial charge in [0.25, 0.3) is 0 Å². The van der Waals surface area contributed by atoms with E-state index >= 15 is 0 Å². The highest BCUT2D eigenvalue weighted by Crippen LogP contribution is 2.32. The van der Waals surface area contributed by atoms with Gasteiger partial charge in [0.2, 0.25) is 5.88 Å². The fourth-order valence-corrected chi connectivity index (χ4v) is 1.58. The average molecular weight is 221 g/mol. The number of pyridine rings is 1. The van der Waals surface area contributed by atoms with Gasteiger partial charge >= 0.3 is 5.97 Å². The standard InChI is InChI=1S/C12H15NO3/c1-8-10(12(14)15)4-5-11(13-8)16-7-6-9-2-3-9/h4-5,9H,2-3,6-7H2,1H3,(H,14,15). The molecule has 0 atom stereocenters. The van der Waals surface area contributed by atoms with E-state index in [9.17, 15) is 4.79 Å². The van der Waals surface area contributed by atoms with Crippen molar-refractivity contribution >= 4 is 5.97 Å². The van der Waals surface area contributed by atoms with Crippen LogP contribution in [-0.2, 0) is 0 Å². The van der Waals surface area contributed by atoms with Crippen molar-refractivity contribution in [1.82, 2.24) is 4.98 Å². The minimum absolute atomic E-state index is 0.231. The monoisotopic (exact) mass is 221 g/mol. The Morgan fingerprint density at radius 1 is 1.56 bits per heavy atom. The van der Waals surface area contributed by atoms with Gasteiger partial charge in [0.15, 0.2) is 0 Å². The van der Waals surface area contributed by atoms with Gasteiger partial charge in [-0.1, -0.05) is 12.8 Å². The summed E-state index contributed by atoms with van der Waals surface area (Å²) >= 11 is 0. The number of hydrogen-bond acceptors (Lipinski definition) is 3. The van der Waals surface area contributed by atoms with Crippen LogP contribution >= 0.6 is 0 Å². The largest absolute Gasteiger partial charge is 0.478 e. The summed E-state index contributed by atoms with van der Waals surface area (Å²) in [5.41, 5.74) is 0.728. The third-order valence-corrected chi connectivity index (χ3v) is 2.76. The molecular formula is C12H15NO3. The van der Waals surface area contributed by atoms with Crippen molar-refractivity contribution in [2.24, 2.45) is 5.92 Å². The van der Waals surface area contributed by atoms with Crippen molar-refractivity contribution in [1.29, 1.82) is 0 Å². The van der Waals surface area contributed by atoms with Crippen molar-refractivity contribution in [2.45, 2.75) is 26.2 Å². The van der Waals surface area contributed by atoms with Gasteiger partial charge in [0.05, 0.1) is 17.9 Å². The van der Waals surface area contributed by atoms with Crippen molar-refractivity contribution in [3.05, 3.63) is 23.4 Å². The van der Waals surface area contributed by atoms with Gasteiger partial charge in [-0.3, -0.25) is 0 Å². The number of aromatic nitrogens is 1. The molecule has 4 nitrogen and oxygen atoms in total. The van der Waals surface area contributed by atoms with Crippen molar-refractivity contribution in [3.63, 3.8) is 0 Å². The lowest BCUT2D eigenvalue weighted by Gasteiger charge is -2.06. The molecular weight excluding hydrogens is 206 g/mol. The van der Waals surface area contributed by atoms with Crippen LogP contribution in [0, 0.1) is 12.8 Å². The molecule has 0 saturated heterocycles. The summed E-state index contributed by atoms with van der Waals surface area (Å²) < 4.78 is 5.47. The molecule has 2 rings (SSSR count). The van der Waals surface area contributed by atoms with Crippen molar-refractivity contribution in [3.8, 4) is 5.88 Å². The Kier molecular flexibility index (Phi) is 3.08. The molecule has 0 spiro atoms. The maximum absolute atomic E-state index is 10.8. The zero-order valence-corrected chi connectivity index (χ0v) is 9.27. The molecule has 86 valence electrons. The minimum Gasteiger partial charge on any atom is -0.478 e. The normalized spacial score (nSPS) is 14.8. The number of nitrogens with zero attached hydrogens (tertiary/aromatic N) is 1. The summed E-state index contributed by atoms with van der Waals surface area (Å²) in [4.78, 5) is 14.9. The van der Waals surface area contributed by atoms with E-state index in [2.05, 4.69) is 4.98 Å². The van der Waals surface area contributed by atoms with E-state index in [1.54, 1.807) is 13.0 Å². The number of carbonyl (C=O) groups is 1. The lowest BCUT2D eigenvalue weighted by Crippen LogP contribution is -2.05. The first-order valence-corrected chi connectivity index (χ1v) is 5.50. The van der Waals surface area contributed by atoms with Gasteiger partial charge < -0.3 is 9.84 Å². The Labute approximate surface area is 94.3 Å². The first kappa shape index (κ1) is 10.9. The molecule has 0 bridgehead atoms. The van der Waals surface area contributed by atoms with Crippen LogP contribution in [0.3, 0.4) is 0 Å². The Morgan fingerprint density at radius 2 is 2.31 bits per heavy atom. The molecule has 1 aliphatic carbocycles. The van der Waals surface area contributed by atoms with Gasteiger partial charge in [-0.2, -0.15) is 0 Å². The van der Waals surface area contributed by atoms with Gasteiger partial charge in [-0.05, 0) is 25.3 Å². The molecule has 0 radical (unpaired) electrons. The molecule has 1 heterocycles. The molecule has 16 heavy (non-hydrogen) atoms. The number of hydrogen-bond donors (Lipinski definition) is 1. The van der Waals surface area contributed by atoms with E-state index in [1.165, 1.54) is 18.9 Å². The molecule has 0 amide bonds. The first-order valence-electron chi connectivity index (χ1n) is 5.50. The quantitative estimate of drug-likeness (QED) is 0.828. The van der Waals surface area contributed by atoms with E-state index in [4.69, 9.17) is 9.84 Å². The summed E-state index contributed by atoms with van der Waals surface area (Å²) in [6.07, 6.45) is 3.70. The first-order chi connectivity index (χ1) is 7.66. The van der Waals surface area contributed by atoms with Crippen molar-refractivity contribution in [2.75, 3.05) is 6.61 Å². The van der Waals surface area contributed by atoms with Crippen LogP contribution in [0.1, 0.15) is 35.3 Å². The van der Waals surface area contributed by atoms with E-state index in [-0.39, 0.29) is 5.56 Å². The number of ether oxygens (including phenoxy) is 1. The third kappa shape index (κ3) is 2.72. The molecule has 1 N–H and O–H groups in total. The maximum Gasteiger partial charge on any atom is 0.337 e. The second kappa shape index (κ2) is 4.51. The predicted molar refractivity (Wildman–Crippen MR) is 58.8 cm³/mol. The maximum atomic E-state index is 10.8. The van der Waals surface area contributed by atoms with Crippen LogP contribution in [0.2, 0.25) is 0 Å². The average Bonchev–Trinajstić information content (AvgIpc) is 3.01. The topological polar surface area (TPSA) is 59.4 Å². The van der Waals surface area contributed by atoms with Crippen molar-refractivity contribution < 1.29 is 14.6 Å². The second-order valence-corrected chi connectivity index (χ2v) is 4.17. The number of carboxylic acids is 1. The fraction of sp³-hybridized carbons (Fsp3) is 0.500. The van der Waals surface area contributed by atoms with E-state index in [0.29, 0.717) is 18.2 Å². The van der Waals surface area contributed by atoms with Gasteiger partial charge in [0.1, 0.15) is 0 Å². The molecule has 1 saturated carbocycles. The van der Waals surface area contributed by atoms with Gasteiger partial charge in [0, 0.05) is 6.07 Å². The zero-order valence-electron chi connectivity index (χ0n) is 9.27. The highest BCUT2D eigenvalue weighted by atomic mass is 16.5. The third-order valence-electron chi connectivity index (χ3n) is 2.76. The minimum atomic E-state index is -0.950. The highest BCUT2D eigenvalue weighted by Gasteiger charge is 2.20. The Bertz CT molecular complexity index is 399. The lowest BCUT2D eigenvalue weighted by atomic mass is 10.2. The predicted octanol–water partition coefficient (Wildman–Crippen LogP) is 2.27. The smallest absolute Gasteiger partial charge is 0.337 e. The summed E-state index contributed by atoms with van der Waals surface area (Å²) in [5, 5.41) is 8.83. The molecule has 0 aromatic carbocycles. The Balaban J connectivity index is 1.93. The molecule has 1 aromatic rings. The number of aryl methyl sites for hydroxylation is 1. The fourth-order valence-electron chi connectivity index (χ4n) is 1.58. The zero-order chi connectivity index (χ0) is 11.5. The molecule has 1 aromatic heterocycles. The molecule has 1 fully saturated rings. The molecule has 0 aliphatic heterocycles. The number of aromatic carboxylic acids is 1. The summed E-state index contributed by atoms with van der Waals surface area (Å²) in [5.74, 6) is 0.400. The van der Waals surface area contributed by atoms with Crippen LogP contribution < -0.4 is 4.74 Å². The number of carboxylic acid groups (broad SMARTS) is 1. The van der Waals surface area contributed by atoms with E-state index in [0.717, 1.165) is 12.3 Å². The van der Waals surface area contributed by atoms with Gasteiger partial charge in [-0.15, -0.1) is 0 Å². The number of rotatable bonds is 5. The summed E-state index contributed by atoms with van der Waals surface area (Å²) in [7, 11) is 0. The summed E-state index contributed by atoms with van der Waals surface area (Å²) in [6, 6.07) is 3.15. The van der Waals surface area contributed by atoms with E-state index in [1.807, 2.05) is 0 Å². The van der Waals surface area contributed by atoms with Crippen LogP contribution in [-0.4, -0.2) is 22.7 Å². The van der Waals surface area contributed by atoms with Crippen LogP contribution in [0.4, 0.5) is 0 Å². The highest BCUT2D eigenvalue weighted by molar-refractivity contribution is 5.88. The molecule has 4 heteroatoms.